The van der Waals surface area contributed by atoms with E-state index < -0.39 is 35.5 Å². The molecule has 1 aliphatic heterocycles. The van der Waals surface area contributed by atoms with Crippen LogP contribution in [0.25, 0.3) is 0 Å². The van der Waals surface area contributed by atoms with Gasteiger partial charge in [0.25, 0.3) is 0 Å². The first-order chi connectivity index (χ1) is 16.9. The molecule has 1 N–H and O–H groups in total. The zero-order chi connectivity index (χ0) is 26.6. The summed E-state index contributed by atoms with van der Waals surface area (Å²) in [5.41, 5.74) is -0.362. The number of carbonyl (C=O) groups is 2. The van der Waals surface area contributed by atoms with Crippen molar-refractivity contribution in [3.63, 3.8) is 0 Å². The summed E-state index contributed by atoms with van der Waals surface area (Å²) in [6.07, 6.45) is 2.67. The number of hydrogen-bond acceptors (Lipinski definition) is 6. The molecule has 1 aromatic carbocycles. The molecule has 3 rings (SSSR count). The van der Waals surface area contributed by atoms with Gasteiger partial charge in [0.15, 0.2) is 0 Å². The molecular weight excluding hydrogens is 495 g/mol. The van der Waals surface area contributed by atoms with Gasteiger partial charge < -0.3 is 19.7 Å². The highest BCUT2D eigenvalue weighted by atomic mass is 32.1. The lowest BCUT2D eigenvalue weighted by Gasteiger charge is -2.35. The van der Waals surface area contributed by atoms with Crippen molar-refractivity contribution in [2.24, 2.45) is 5.92 Å². The van der Waals surface area contributed by atoms with Crippen LogP contribution in [0.2, 0.25) is 0 Å². The number of fused-ring (bicyclic) bond motifs is 2. The molecule has 8 nitrogen and oxygen atoms in total. The third-order valence-corrected chi connectivity index (χ3v) is 6.70. The number of nitrogens with one attached hydrogen (secondary N) is 1. The van der Waals surface area contributed by atoms with Crippen molar-refractivity contribution in [1.82, 2.24) is 15.1 Å². The quantitative estimate of drug-likeness (QED) is 0.513. The molecule has 2 bridgehead atoms. The average molecular weight is 537 g/mol. The van der Waals surface area contributed by atoms with E-state index in [-0.39, 0.29) is 38.0 Å². The van der Waals surface area contributed by atoms with E-state index in [0.29, 0.717) is 11.3 Å². The van der Waals surface area contributed by atoms with Gasteiger partial charge in [-0.2, -0.15) is 18.8 Å². The first-order valence-electron chi connectivity index (χ1n) is 12.7. The van der Waals surface area contributed by atoms with Gasteiger partial charge in [-0.3, -0.25) is 9.69 Å². The van der Waals surface area contributed by atoms with Crippen molar-refractivity contribution in [3.05, 3.63) is 29.6 Å². The summed E-state index contributed by atoms with van der Waals surface area (Å²) in [5, 5.41) is 12.4. The minimum atomic E-state index is -0.933. The topological polar surface area (TPSA) is 94.9 Å². The SMILES string of the molecule is CC(CCN(C)C)Oc1ccc(C[C@@H](C#N)NC(=O)C2C3CCC(C3)N2C(=O)OC(C)(C)C)c(F)c1.S. The Morgan fingerprint density at radius 2 is 2.00 bits per heavy atom. The molecule has 1 saturated carbocycles. The second kappa shape index (κ2) is 12.8. The Morgan fingerprint density at radius 1 is 1.30 bits per heavy atom. The van der Waals surface area contributed by atoms with Crippen LogP contribution in [-0.2, 0) is 16.0 Å². The number of benzene rings is 1. The Kier molecular flexibility index (Phi) is 10.7. The van der Waals surface area contributed by atoms with E-state index in [0.717, 1.165) is 32.2 Å². The van der Waals surface area contributed by atoms with Gasteiger partial charge in [-0.1, -0.05) is 6.07 Å². The summed E-state index contributed by atoms with van der Waals surface area (Å²) in [4.78, 5) is 29.6. The molecule has 37 heavy (non-hydrogen) atoms. The maximum absolute atomic E-state index is 14.8. The van der Waals surface area contributed by atoms with Crippen molar-refractivity contribution in [1.29, 1.82) is 5.26 Å². The van der Waals surface area contributed by atoms with E-state index in [4.69, 9.17) is 9.47 Å². The summed E-state index contributed by atoms with van der Waals surface area (Å²) in [5.74, 6) is -0.425. The fraction of sp³-hybridized carbons (Fsp3) is 0.667. The maximum Gasteiger partial charge on any atom is 0.411 e. The van der Waals surface area contributed by atoms with E-state index in [9.17, 15) is 19.2 Å². The lowest BCUT2D eigenvalue weighted by atomic mass is 9.97. The average Bonchev–Trinajstić information content (AvgIpc) is 3.39. The second-order valence-corrected chi connectivity index (χ2v) is 11.2. The number of carbonyl (C=O) groups excluding carboxylic acids is 2. The Balaban J connectivity index is 0.00000481. The van der Waals surface area contributed by atoms with E-state index in [1.54, 1.807) is 32.9 Å². The van der Waals surface area contributed by atoms with Gasteiger partial charge in [-0.15, -0.1) is 0 Å². The zero-order valence-electron chi connectivity index (χ0n) is 22.7. The van der Waals surface area contributed by atoms with E-state index in [1.165, 1.54) is 11.0 Å². The smallest absolute Gasteiger partial charge is 0.411 e. The maximum atomic E-state index is 14.8. The fourth-order valence-corrected chi connectivity index (χ4v) is 5.01. The van der Waals surface area contributed by atoms with Crippen molar-refractivity contribution in [2.45, 2.75) is 89.6 Å². The standard InChI is InChI=1S/C27H39FN4O4.H2S/c1-17(11-12-31(5)6)35-22-10-8-18(23(28)15-22)13-20(16-29)30-25(33)24-19-7-9-21(14-19)32(24)26(34)36-27(2,3)4;/h8,10,15,17,19-21,24H,7,9,11-14H2,1-6H3,(H,30,33);1H2/t17?,19?,20-,21?,24?;/m0./s1. The lowest BCUT2D eigenvalue weighted by molar-refractivity contribution is -0.128. The minimum absolute atomic E-state index is 0. The third-order valence-electron chi connectivity index (χ3n) is 6.70. The Labute approximate surface area is 226 Å². The summed E-state index contributed by atoms with van der Waals surface area (Å²) in [6.45, 7) is 8.16. The van der Waals surface area contributed by atoms with Crippen LogP contribution in [-0.4, -0.2) is 72.3 Å². The van der Waals surface area contributed by atoms with E-state index in [1.807, 2.05) is 21.0 Å². The predicted molar refractivity (Wildman–Crippen MR) is 144 cm³/mol. The van der Waals surface area contributed by atoms with Gasteiger partial charge in [-0.25, -0.2) is 9.18 Å². The normalized spacial score (nSPS) is 22.1. The summed E-state index contributed by atoms with van der Waals surface area (Å²) >= 11 is 0. The van der Waals surface area contributed by atoms with Gasteiger partial charge in [-0.05, 0) is 85.0 Å². The van der Waals surface area contributed by atoms with E-state index >= 15 is 0 Å². The van der Waals surface area contributed by atoms with Gasteiger partial charge in [0.1, 0.15) is 29.3 Å². The van der Waals surface area contributed by atoms with E-state index in [2.05, 4.69) is 16.3 Å². The van der Waals surface area contributed by atoms with Crippen LogP contribution in [0.5, 0.6) is 5.75 Å². The van der Waals surface area contributed by atoms with Gasteiger partial charge in [0.05, 0.1) is 12.2 Å². The monoisotopic (exact) mass is 536 g/mol. The molecule has 2 aliphatic rings. The number of ether oxygens (including phenoxy) is 2. The molecule has 0 radical (unpaired) electrons. The lowest BCUT2D eigenvalue weighted by Crippen LogP contribution is -2.55. The highest BCUT2D eigenvalue weighted by molar-refractivity contribution is 7.59. The van der Waals surface area contributed by atoms with Crippen molar-refractivity contribution >= 4 is 25.5 Å². The number of amides is 2. The van der Waals surface area contributed by atoms with Crippen LogP contribution >= 0.6 is 13.5 Å². The highest BCUT2D eigenvalue weighted by Gasteiger charge is 2.52. The summed E-state index contributed by atoms with van der Waals surface area (Å²) in [7, 11) is 3.97. The first kappa shape index (κ1) is 30.7. The molecule has 5 atom stereocenters. The van der Waals surface area contributed by atoms with Gasteiger partial charge in [0.2, 0.25) is 5.91 Å². The van der Waals surface area contributed by atoms with Gasteiger partial charge >= 0.3 is 6.09 Å². The van der Waals surface area contributed by atoms with Crippen molar-refractivity contribution in [3.8, 4) is 11.8 Å². The highest BCUT2D eigenvalue weighted by Crippen LogP contribution is 2.43. The molecule has 10 heteroatoms. The van der Waals surface area contributed by atoms with Crippen molar-refractivity contribution < 1.29 is 23.5 Å². The zero-order valence-corrected chi connectivity index (χ0v) is 23.7. The molecule has 1 aliphatic carbocycles. The van der Waals surface area contributed by atoms with Gasteiger partial charge in [0, 0.05) is 25.1 Å². The molecule has 1 heterocycles. The number of piperidine rings is 1. The van der Waals surface area contributed by atoms with Crippen LogP contribution in [0.3, 0.4) is 0 Å². The van der Waals surface area contributed by atoms with Crippen LogP contribution in [0.4, 0.5) is 9.18 Å². The largest absolute Gasteiger partial charge is 0.491 e. The fourth-order valence-electron chi connectivity index (χ4n) is 5.01. The Morgan fingerprint density at radius 3 is 2.59 bits per heavy atom. The molecule has 4 unspecified atom stereocenters. The third kappa shape index (κ3) is 8.24. The van der Waals surface area contributed by atoms with Crippen LogP contribution < -0.4 is 10.1 Å². The minimum Gasteiger partial charge on any atom is -0.491 e. The second-order valence-electron chi connectivity index (χ2n) is 11.2. The number of nitriles is 1. The Bertz CT molecular complexity index is 994. The summed E-state index contributed by atoms with van der Waals surface area (Å²) in [6, 6.07) is 5.00. The predicted octanol–water partition coefficient (Wildman–Crippen LogP) is 4.00. The van der Waals surface area contributed by atoms with Crippen LogP contribution in [0.15, 0.2) is 18.2 Å². The molecule has 1 aromatic rings. The molecule has 2 amide bonds. The molecule has 1 saturated heterocycles. The number of halogens is 1. The molecule has 0 aromatic heterocycles. The number of rotatable bonds is 9. The van der Waals surface area contributed by atoms with Crippen LogP contribution in [0, 0.1) is 23.1 Å². The number of hydrogen-bond donors (Lipinski definition) is 1. The number of likely N-dealkylation sites (tertiary alicyclic amines) is 1. The Hall–Kier alpha value is -2.51. The molecular formula is C27H41FN4O4S. The summed E-state index contributed by atoms with van der Waals surface area (Å²) < 4.78 is 26.2. The first-order valence-corrected chi connectivity index (χ1v) is 12.7. The molecule has 206 valence electrons. The van der Waals surface area contributed by atoms with Crippen LogP contribution in [0.1, 0.15) is 58.9 Å². The molecule has 2 fully saturated rings. The van der Waals surface area contributed by atoms with Crippen molar-refractivity contribution in [2.75, 3.05) is 20.6 Å². The molecule has 0 spiro atoms. The number of nitrogens with zero attached hydrogens (tertiary/aromatic N) is 3.